The number of nitrogens with zero attached hydrogens (tertiary/aromatic N) is 3. The van der Waals surface area contributed by atoms with Crippen LogP contribution in [0.15, 0.2) is 0 Å². The van der Waals surface area contributed by atoms with Crippen molar-refractivity contribution in [3.8, 4) is 0 Å². The molecule has 0 radical (unpaired) electrons. The van der Waals surface area contributed by atoms with E-state index in [0.717, 1.165) is 13.1 Å². The summed E-state index contributed by atoms with van der Waals surface area (Å²) in [4.78, 5) is 12.5. The fourth-order valence-electron chi connectivity index (χ4n) is 2.11. The first kappa shape index (κ1) is 12.9. The maximum absolute atomic E-state index is 12.5. The SMILES string of the molecule is CC(C)(C)OC(=O)C1(c2nn[nH]n2)CCNCC1. The molecule has 1 aromatic rings. The lowest BCUT2D eigenvalue weighted by Gasteiger charge is -2.34. The quantitative estimate of drug-likeness (QED) is 0.729. The van der Waals surface area contributed by atoms with Crippen LogP contribution in [0.3, 0.4) is 0 Å². The van der Waals surface area contributed by atoms with E-state index in [4.69, 9.17) is 4.74 Å². The Labute approximate surface area is 106 Å². The number of carbonyl (C=O) groups is 1. The molecule has 1 saturated heterocycles. The molecule has 0 atom stereocenters. The normalized spacial score (nSPS) is 19.5. The molecule has 18 heavy (non-hydrogen) atoms. The maximum Gasteiger partial charge on any atom is 0.320 e. The Morgan fingerprint density at radius 1 is 1.33 bits per heavy atom. The van der Waals surface area contributed by atoms with Gasteiger partial charge in [0.25, 0.3) is 0 Å². The molecule has 0 bridgehead atoms. The Bertz CT molecular complexity index is 404. The Kier molecular flexibility index (Phi) is 3.34. The summed E-state index contributed by atoms with van der Waals surface area (Å²) in [6, 6.07) is 0. The highest BCUT2D eigenvalue weighted by Crippen LogP contribution is 2.33. The summed E-state index contributed by atoms with van der Waals surface area (Å²) in [5.41, 5.74) is -1.29. The molecule has 7 nitrogen and oxygen atoms in total. The van der Waals surface area contributed by atoms with E-state index in [1.54, 1.807) is 0 Å². The van der Waals surface area contributed by atoms with Crippen LogP contribution in [-0.2, 0) is 14.9 Å². The number of aromatic nitrogens is 4. The zero-order valence-electron chi connectivity index (χ0n) is 11.0. The molecule has 2 rings (SSSR count). The van der Waals surface area contributed by atoms with Gasteiger partial charge in [0.1, 0.15) is 11.0 Å². The first-order valence-electron chi connectivity index (χ1n) is 6.12. The van der Waals surface area contributed by atoms with Gasteiger partial charge in [-0.2, -0.15) is 5.21 Å². The molecular formula is C11H19N5O2. The van der Waals surface area contributed by atoms with E-state index in [1.807, 2.05) is 20.8 Å². The first-order chi connectivity index (χ1) is 8.44. The zero-order valence-corrected chi connectivity index (χ0v) is 11.0. The van der Waals surface area contributed by atoms with Gasteiger partial charge in [0.15, 0.2) is 5.82 Å². The number of hydrogen-bond donors (Lipinski definition) is 2. The van der Waals surface area contributed by atoms with Crippen LogP contribution in [0, 0.1) is 0 Å². The Hall–Kier alpha value is -1.50. The van der Waals surface area contributed by atoms with Gasteiger partial charge in [-0.3, -0.25) is 4.79 Å². The van der Waals surface area contributed by atoms with Crippen molar-refractivity contribution in [2.24, 2.45) is 0 Å². The fourth-order valence-corrected chi connectivity index (χ4v) is 2.11. The third-order valence-corrected chi connectivity index (χ3v) is 3.02. The standard InChI is InChI=1S/C11H19N5O2/c1-10(2,3)18-9(17)11(4-6-12-7-5-11)8-13-15-16-14-8/h12H,4-7H2,1-3H3,(H,13,14,15,16). The van der Waals surface area contributed by atoms with Crippen molar-refractivity contribution in [3.63, 3.8) is 0 Å². The van der Waals surface area contributed by atoms with Crippen LogP contribution < -0.4 is 5.32 Å². The highest BCUT2D eigenvalue weighted by molar-refractivity contribution is 5.82. The number of esters is 1. The van der Waals surface area contributed by atoms with Crippen molar-refractivity contribution >= 4 is 5.97 Å². The lowest BCUT2D eigenvalue weighted by molar-refractivity contribution is -0.164. The molecular weight excluding hydrogens is 234 g/mol. The lowest BCUT2D eigenvalue weighted by atomic mass is 9.78. The van der Waals surface area contributed by atoms with Gasteiger partial charge in [0, 0.05) is 0 Å². The molecule has 2 N–H and O–H groups in total. The molecule has 0 aliphatic carbocycles. The summed E-state index contributed by atoms with van der Waals surface area (Å²) < 4.78 is 5.52. The van der Waals surface area contributed by atoms with E-state index in [9.17, 15) is 4.79 Å². The van der Waals surface area contributed by atoms with Crippen LogP contribution in [0.1, 0.15) is 39.4 Å². The van der Waals surface area contributed by atoms with Crippen LogP contribution in [0.5, 0.6) is 0 Å². The average molecular weight is 253 g/mol. The predicted molar refractivity (Wildman–Crippen MR) is 63.8 cm³/mol. The van der Waals surface area contributed by atoms with Crippen molar-refractivity contribution in [2.45, 2.75) is 44.6 Å². The molecule has 1 aromatic heterocycles. The Morgan fingerprint density at radius 2 is 2.00 bits per heavy atom. The minimum Gasteiger partial charge on any atom is -0.459 e. The summed E-state index contributed by atoms with van der Waals surface area (Å²) in [6.45, 7) is 7.06. The smallest absolute Gasteiger partial charge is 0.320 e. The van der Waals surface area contributed by atoms with Crippen LogP contribution >= 0.6 is 0 Å². The second kappa shape index (κ2) is 4.64. The highest BCUT2D eigenvalue weighted by Gasteiger charge is 2.47. The van der Waals surface area contributed by atoms with E-state index in [-0.39, 0.29) is 5.97 Å². The molecule has 0 saturated carbocycles. The number of hydrogen-bond acceptors (Lipinski definition) is 6. The minimum absolute atomic E-state index is 0.266. The van der Waals surface area contributed by atoms with Crippen molar-refractivity contribution in [1.82, 2.24) is 25.9 Å². The first-order valence-corrected chi connectivity index (χ1v) is 6.12. The van der Waals surface area contributed by atoms with E-state index in [2.05, 4.69) is 25.9 Å². The Balaban J connectivity index is 2.28. The third-order valence-electron chi connectivity index (χ3n) is 3.02. The van der Waals surface area contributed by atoms with Gasteiger partial charge in [0.2, 0.25) is 0 Å². The molecule has 0 amide bonds. The number of tetrazole rings is 1. The summed E-state index contributed by atoms with van der Waals surface area (Å²) in [7, 11) is 0. The van der Waals surface area contributed by atoms with Crippen molar-refractivity contribution in [1.29, 1.82) is 0 Å². The van der Waals surface area contributed by atoms with Gasteiger partial charge in [-0.1, -0.05) is 5.21 Å². The van der Waals surface area contributed by atoms with Gasteiger partial charge in [-0.25, -0.2) is 0 Å². The molecule has 0 spiro atoms. The predicted octanol–water partition coefficient (Wildman–Crippen LogP) is 0.163. The number of rotatable bonds is 2. The average Bonchev–Trinajstić information content (AvgIpc) is 2.81. The van der Waals surface area contributed by atoms with Crippen LogP contribution in [-0.4, -0.2) is 45.3 Å². The summed E-state index contributed by atoms with van der Waals surface area (Å²) in [6.07, 6.45) is 1.25. The summed E-state index contributed by atoms with van der Waals surface area (Å²) in [5.74, 6) is 0.163. The van der Waals surface area contributed by atoms with E-state index in [1.165, 1.54) is 0 Å². The van der Waals surface area contributed by atoms with Crippen LogP contribution in [0.2, 0.25) is 0 Å². The number of carbonyl (C=O) groups excluding carboxylic acids is 1. The largest absolute Gasteiger partial charge is 0.459 e. The van der Waals surface area contributed by atoms with E-state index >= 15 is 0 Å². The molecule has 2 heterocycles. The zero-order chi connectivity index (χ0) is 13.2. The minimum atomic E-state index is -0.772. The Morgan fingerprint density at radius 3 is 2.50 bits per heavy atom. The second-order valence-electron chi connectivity index (χ2n) is 5.57. The van der Waals surface area contributed by atoms with Gasteiger partial charge in [0.05, 0.1) is 0 Å². The molecule has 100 valence electrons. The molecule has 1 aliphatic rings. The fraction of sp³-hybridized carbons (Fsp3) is 0.818. The van der Waals surface area contributed by atoms with Crippen LogP contribution in [0.4, 0.5) is 0 Å². The van der Waals surface area contributed by atoms with Gasteiger partial charge in [-0.05, 0) is 46.7 Å². The lowest BCUT2D eigenvalue weighted by Crippen LogP contribution is -2.49. The molecule has 0 unspecified atom stereocenters. The number of nitrogens with one attached hydrogen (secondary N) is 2. The molecule has 7 heteroatoms. The number of ether oxygens (including phenoxy) is 1. The second-order valence-corrected chi connectivity index (χ2v) is 5.57. The van der Waals surface area contributed by atoms with E-state index in [0.29, 0.717) is 18.7 Å². The van der Waals surface area contributed by atoms with Gasteiger partial charge < -0.3 is 10.1 Å². The topological polar surface area (TPSA) is 92.8 Å². The summed E-state index contributed by atoms with van der Waals surface area (Å²) >= 11 is 0. The summed E-state index contributed by atoms with van der Waals surface area (Å²) in [5, 5.41) is 17.2. The number of piperidine rings is 1. The van der Waals surface area contributed by atoms with Gasteiger partial charge in [-0.15, -0.1) is 10.2 Å². The van der Waals surface area contributed by atoms with Crippen molar-refractivity contribution in [3.05, 3.63) is 5.82 Å². The maximum atomic E-state index is 12.5. The molecule has 1 aliphatic heterocycles. The van der Waals surface area contributed by atoms with Crippen molar-refractivity contribution < 1.29 is 9.53 Å². The van der Waals surface area contributed by atoms with Gasteiger partial charge >= 0.3 is 5.97 Å². The number of H-pyrrole nitrogens is 1. The monoisotopic (exact) mass is 253 g/mol. The highest BCUT2D eigenvalue weighted by atomic mass is 16.6. The number of aromatic amines is 1. The molecule has 0 aromatic carbocycles. The van der Waals surface area contributed by atoms with E-state index < -0.39 is 11.0 Å². The van der Waals surface area contributed by atoms with Crippen LogP contribution in [0.25, 0.3) is 0 Å². The third kappa shape index (κ3) is 2.50. The molecule has 1 fully saturated rings. The van der Waals surface area contributed by atoms with Crippen molar-refractivity contribution in [2.75, 3.05) is 13.1 Å².